The van der Waals surface area contributed by atoms with E-state index in [4.69, 9.17) is 4.74 Å². The molecule has 0 aromatic rings. The molecule has 1 rings (SSSR count). The van der Waals surface area contributed by atoms with Crippen LogP contribution < -0.4 is 0 Å². The monoisotopic (exact) mass is 230 g/mol. The summed E-state index contributed by atoms with van der Waals surface area (Å²) in [5.41, 5.74) is 0. The number of ether oxygens (including phenoxy) is 1. The Morgan fingerprint density at radius 2 is 2.19 bits per heavy atom. The molecule has 1 aliphatic rings. The molecule has 5 nitrogen and oxygen atoms in total. The van der Waals surface area contributed by atoms with Gasteiger partial charge in [-0.3, -0.25) is 0 Å². The molecule has 0 aromatic heterocycles. The molecular weight excluding hydrogens is 210 g/mol. The number of carbonyl (C=O) groups excluding carboxylic acids is 1. The number of unbranched alkanes of at least 4 members (excludes halogenated alkanes) is 1. The van der Waals surface area contributed by atoms with E-state index in [2.05, 4.69) is 0 Å². The molecule has 1 unspecified atom stereocenters. The summed E-state index contributed by atoms with van der Waals surface area (Å²) in [6.07, 6.45) is 1.53. The first-order valence-electron chi connectivity index (χ1n) is 5.84. The van der Waals surface area contributed by atoms with Crippen LogP contribution in [0.15, 0.2) is 0 Å². The van der Waals surface area contributed by atoms with Gasteiger partial charge in [0.25, 0.3) is 0 Å². The lowest BCUT2D eigenvalue weighted by Gasteiger charge is -2.27. The number of carboxylic acid groups (broad SMARTS) is 1. The van der Waals surface area contributed by atoms with E-state index in [0.29, 0.717) is 13.2 Å². The van der Waals surface area contributed by atoms with Gasteiger partial charge in [0, 0.05) is 12.8 Å². The SMILES string of the molecule is CCCCOC(=O)[N+]1(C(=O)O)CCC[C@H]1C. The van der Waals surface area contributed by atoms with Gasteiger partial charge < -0.3 is 9.84 Å². The third kappa shape index (κ3) is 2.19. The van der Waals surface area contributed by atoms with Crippen molar-refractivity contribution in [3.8, 4) is 0 Å². The van der Waals surface area contributed by atoms with Crippen LogP contribution in [0.4, 0.5) is 9.59 Å². The normalized spacial score (nSPS) is 29.0. The zero-order chi connectivity index (χ0) is 12.2. The lowest BCUT2D eigenvalue weighted by molar-refractivity contribution is -0.795. The molecule has 0 saturated carbocycles. The fraction of sp³-hybridized carbons (Fsp3) is 0.818. The second-order valence-electron chi connectivity index (χ2n) is 4.33. The molecule has 92 valence electrons. The van der Waals surface area contributed by atoms with Crippen molar-refractivity contribution in [1.29, 1.82) is 0 Å². The molecule has 0 bridgehead atoms. The zero-order valence-corrected chi connectivity index (χ0v) is 9.94. The van der Waals surface area contributed by atoms with Crippen molar-refractivity contribution >= 4 is 12.2 Å². The van der Waals surface area contributed by atoms with E-state index >= 15 is 0 Å². The maximum Gasteiger partial charge on any atom is 0.526 e. The molecule has 2 atom stereocenters. The van der Waals surface area contributed by atoms with E-state index in [1.807, 2.05) is 6.92 Å². The summed E-state index contributed by atoms with van der Waals surface area (Å²) in [7, 11) is 0. The lowest BCUT2D eigenvalue weighted by atomic mass is 10.2. The van der Waals surface area contributed by atoms with E-state index < -0.39 is 16.7 Å². The van der Waals surface area contributed by atoms with E-state index in [-0.39, 0.29) is 6.04 Å². The van der Waals surface area contributed by atoms with Crippen LogP contribution in [-0.4, -0.2) is 41.0 Å². The van der Waals surface area contributed by atoms with Crippen molar-refractivity contribution in [2.45, 2.75) is 45.6 Å². The van der Waals surface area contributed by atoms with Gasteiger partial charge in [0.2, 0.25) is 0 Å². The van der Waals surface area contributed by atoms with Crippen molar-refractivity contribution in [3.63, 3.8) is 0 Å². The van der Waals surface area contributed by atoms with Crippen molar-refractivity contribution in [2.75, 3.05) is 13.2 Å². The third-order valence-corrected chi connectivity index (χ3v) is 3.28. The number of hydrogen-bond acceptors (Lipinski definition) is 3. The van der Waals surface area contributed by atoms with Gasteiger partial charge in [-0.25, -0.2) is 0 Å². The van der Waals surface area contributed by atoms with E-state index in [1.165, 1.54) is 0 Å². The number of likely N-dealkylation sites (tertiary alicyclic amines) is 1. The standard InChI is InChI=1S/C11H19NO4/c1-3-4-8-16-11(15)12(10(13)14)7-5-6-9(12)2/h9H,3-8H2,1-2H3/p+1/t9-,12?/m1/s1. The van der Waals surface area contributed by atoms with Gasteiger partial charge in [-0.15, -0.1) is 4.48 Å². The highest BCUT2D eigenvalue weighted by Gasteiger charge is 2.54. The van der Waals surface area contributed by atoms with Crippen LogP contribution in [0.3, 0.4) is 0 Å². The Morgan fingerprint density at radius 3 is 2.62 bits per heavy atom. The van der Waals surface area contributed by atoms with Crippen molar-refractivity contribution in [3.05, 3.63) is 0 Å². The molecule has 1 heterocycles. The van der Waals surface area contributed by atoms with E-state index in [0.717, 1.165) is 25.7 Å². The van der Waals surface area contributed by atoms with Gasteiger partial charge in [0.1, 0.15) is 12.6 Å². The summed E-state index contributed by atoms with van der Waals surface area (Å²) >= 11 is 0. The predicted octanol–water partition coefficient (Wildman–Crippen LogP) is 2.60. The van der Waals surface area contributed by atoms with Crippen LogP contribution in [0.25, 0.3) is 0 Å². The Bertz CT molecular complexity index is 279. The van der Waals surface area contributed by atoms with Gasteiger partial charge >= 0.3 is 12.2 Å². The molecule has 0 radical (unpaired) electrons. The number of nitrogens with zero attached hydrogens (tertiary/aromatic N) is 1. The lowest BCUT2D eigenvalue weighted by Crippen LogP contribution is -2.58. The zero-order valence-electron chi connectivity index (χ0n) is 9.94. The quantitative estimate of drug-likeness (QED) is 0.598. The van der Waals surface area contributed by atoms with Crippen LogP contribution in [0.1, 0.15) is 39.5 Å². The second kappa shape index (κ2) is 5.30. The molecule has 0 aliphatic carbocycles. The van der Waals surface area contributed by atoms with E-state index in [1.54, 1.807) is 6.92 Å². The van der Waals surface area contributed by atoms with E-state index in [9.17, 15) is 14.7 Å². The molecule has 16 heavy (non-hydrogen) atoms. The van der Waals surface area contributed by atoms with Crippen LogP contribution in [0.2, 0.25) is 0 Å². The maximum absolute atomic E-state index is 11.9. The van der Waals surface area contributed by atoms with Gasteiger partial charge in [0.05, 0.1) is 6.61 Å². The summed E-state index contributed by atoms with van der Waals surface area (Å²) in [6, 6.07) is -0.188. The maximum atomic E-state index is 11.9. The molecule has 0 aromatic carbocycles. The summed E-state index contributed by atoms with van der Waals surface area (Å²) in [6.45, 7) is 4.45. The fourth-order valence-corrected chi connectivity index (χ4v) is 2.13. The number of quaternary nitrogens is 1. The molecule has 1 saturated heterocycles. The van der Waals surface area contributed by atoms with Crippen molar-refractivity contribution < 1.29 is 23.9 Å². The van der Waals surface area contributed by atoms with Crippen molar-refractivity contribution in [1.82, 2.24) is 0 Å². The minimum atomic E-state index is -1.09. The average molecular weight is 230 g/mol. The summed E-state index contributed by atoms with van der Waals surface area (Å²) in [5.74, 6) is 0. The van der Waals surface area contributed by atoms with Gasteiger partial charge in [-0.1, -0.05) is 13.3 Å². The molecule has 2 amide bonds. The highest BCUT2D eigenvalue weighted by Crippen LogP contribution is 2.28. The van der Waals surface area contributed by atoms with Gasteiger partial charge in [-0.05, 0) is 13.3 Å². The second-order valence-corrected chi connectivity index (χ2v) is 4.33. The first-order chi connectivity index (χ1) is 7.55. The fourth-order valence-electron chi connectivity index (χ4n) is 2.13. The summed E-state index contributed by atoms with van der Waals surface area (Å²) < 4.78 is 4.50. The number of amides is 2. The molecule has 1 fully saturated rings. The Balaban J connectivity index is 2.70. The number of carbonyl (C=O) groups is 2. The Hall–Kier alpha value is -1.10. The van der Waals surface area contributed by atoms with Gasteiger partial charge in [0.15, 0.2) is 0 Å². The topological polar surface area (TPSA) is 63.6 Å². The average Bonchev–Trinajstić information content (AvgIpc) is 2.61. The number of hydrogen-bond donors (Lipinski definition) is 1. The molecular formula is C11H20NO4+. The Kier molecular flexibility index (Phi) is 4.29. The minimum absolute atomic E-state index is 0.188. The Labute approximate surface area is 95.6 Å². The highest BCUT2D eigenvalue weighted by atomic mass is 16.6. The molecule has 1 aliphatic heterocycles. The summed E-state index contributed by atoms with van der Waals surface area (Å²) in [5, 5.41) is 9.23. The number of rotatable bonds is 3. The first kappa shape index (κ1) is 13.0. The third-order valence-electron chi connectivity index (χ3n) is 3.28. The van der Waals surface area contributed by atoms with Crippen molar-refractivity contribution in [2.24, 2.45) is 0 Å². The largest absolute Gasteiger partial charge is 0.526 e. The predicted molar refractivity (Wildman–Crippen MR) is 58.1 cm³/mol. The smallest absolute Gasteiger partial charge is 0.435 e. The molecule has 5 heteroatoms. The Morgan fingerprint density at radius 1 is 1.50 bits per heavy atom. The minimum Gasteiger partial charge on any atom is -0.435 e. The van der Waals surface area contributed by atoms with Gasteiger partial charge in [-0.2, -0.15) is 9.59 Å². The van der Waals surface area contributed by atoms with Crippen LogP contribution in [0.5, 0.6) is 0 Å². The molecule has 1 N–H and O–H groups in total. The molecule has 0 spiro atoms. The first-order valence-corrected chi connectivity index (χ1v) is 5.84. The highest BCUT2D eigenvalue weighted by molar-refractivity contribution is 5.75. The number of imide groups is 1. The van der Waals surface area contributed by atoms with Crippen LogP contribution >= 0.6 is 0 Å². The summed E-state index contributed by atoms with van der Waals surface area (Å²) in [4.78, 5) is 23.1. The van der Waals surface area contributed by atoms with Crippen LogP contribution in [-0.2, 0) is 4.74 Å². The van der Waals surface area contributed by atoms with Crippen LogP contribution in [0, 0.1) is 0 Å².